The quantitative estimate of drug-likeness (QED) is 0.154. The van der Waals surface area contributed by atoms with E-state index in [9.17, 15) is 56.2 Å². The second-order valence-electron chi connectivity index (χ2n) is 8.42. The molecule has 3 heterocycles. The lowest BCUT2D eigenvalue weighted by Crippen LogP contribution is -2.62. The van der Waals surface area contributed by atoms with Gasteiger partial charge in [-0.25, -0.2) is 0 Å². The van der Waals surface area contributed by atoms with E-state index in [1.807, 2.05) is 0 Å². The summed E-state index contributed by atoms with van der Waals surface area (Å²) in [6.45, 7) is -1.84. The minimum Gasteiger partial charge on any atom is -0.394 e. The molecule has 3 rings (SSSR count). The molecule has 3 aliphatic rings. The minimum atomic E-state index is -1.82. The van der Waals surface area contributed by atoms with Crippen LogP contribution < -0.4 is 0 Å². The van der Waals surface area contributed by atoms with E-state index < -0.39 is 112 Å². The second-order valence-corrected chi connectivity index (χ2v) is 8.42. The Balaban J connectivity index is 1.58. The van der Waals surface area contributed by atoms with Crippen molar-refractivity contribution in [3.8, 4) is 0 Å². The molecule has 0 bridgehead atoms. The summed E-state index contributed by atoms with van der Waals surface area (Å²) in [5, 5.41) is 108. The summed E-state index contributed by atoms with van der Waals surface area (Å²) in [7, 11) is 0. The summed E-state index contributed by atoms with van der Waals surface area (Å²) in [5.74, 6) is 0. The van der Waals surface area contributed by atoms with Crippen molar-refractivity contribution in [2.24, 2.45) is 0 Å². The Bertz CT molecular complexity index is 639. The van der Waals surface area contributed by atoms with Crippen LogP contribution in [0.15, 0.2) is 0 Å². The first-order valence-corrected chi connectivity index (χ1v) is 10.6. The van der Waals surface area contributed by atoms with Gasteiger partial charge in [-0.1, -0.05) is 0 Å². The third kappa shape index (κ3) is 5.68. The van der Waals surface area contributed by atoms with Crippen molar-refractivity contribution < 1.29 is 79.9 Å². The molecule has 0 aromatic heterocycles. The average Bonchev–Trinajstić information content (AvgIpc) is 2.82. The van der Waals surface area contributed by atoms with Crippen LogP contribution in [0, 0.1) is 0 Å². The predicted molar refractivity (Wildman–Crippen MR) is 101 cm³/mol. The van der Waals surface area contributed by atoms with Crippen molar-refractivity contribution in [3.05, 3.63) is 0 Å². The molecule has 0 aliphatic carbocycles. The van der Waals surface area contributed by atoms with Crippen LogP contribution in [0.2, 0.25) is 0 Å². The van der Waals surface area contributed by atoms with Crippen molar-refractivity contribution in [1.82, 2.24) is 0 Å². The standard InChI is InChI=1S/C18H32O16/c19-1-4-7(20)11(24)14(27)17(33-4)31-3-6-9(22)12(25)15(28)18(34-6)30-2-5-8(21)10(23)13(26)16(29)32-5/h4-29H,1-3H2/t4-,5-,6-,7-,8-,9-,10+,11+,12+,13+,14-,15-,16+,17+,18+/m1/s1. The molecule has 3 saturated heterocycles. The molecule has 200 valence electrons. The fraction of sp³-hybridized carbons (Fsp3) is 1.00. The zero-order valence-electron chi connectivity index (χ0n) is 17.7. The molecule has 0 radical (unpaired) electrons. The van der Waals surface area contributed by atoms with Crippen LogP contribution in [0.3, 0.4) is 0 Å². The third-order valence-corrected chi connectivity index (χ3v) is 6.05. The first-order chi connectivity index (χ1) is 16.0. The van der Waals surface area contributed by atoms with E-state index in [4.69, 9.17) is 23.7 Å². The van der Waals surface area contributed by atoms with Gasteiger partial charge in [-0.2, -0.15) is 0 Å². The van der Waals surface area contributed by atoms with Crippen LogP contribution in [0.25, 0.3) is 0 Å². The van der Waals surface area contributed by atoms with Gasteiger partial charge in [0.2, 0.25) is 0 Å². The van der Waals surface area contributed by atoms with Gasteiger partial charge < -0.3 is 79.9 Å². The Kier molecular flexibility index (Phi) is 9.54. The van der Waals surface area contributed by atoms with Gasteiger partial charge in [0.05, 0.1) is 19.8 Å². The zero-order valence-corrected chi connectivity index (χ0v) is 17.7. The van der Waals surface area contributed by atoms with Crippen molar-refractivity contribution in [3.63, 3.8) is 0 Å². The Hall–Kier alpha value is -0.640. The van der Waals surface area contributed by atoms with E-state index in [1.165, 1.54) is 0 Å². The highest BCUT2D eigenvalue weighted by Gasteiger charge is 2.48. The maximum absolute atomic E-state index is 10.2. The van der Waals surface area contributed by atoms with Gasteiger partial charge in [-0.15, -0.1) is 0 Å². The molecule has 0 spiro atoms. The summed E-state index contributed by atoms with van der Waals surface area (Å²) in [6, 6.07) is 0. The molecule has 0 aromatic rings. The first-order valence-electron chi connectivity index (χ1n) is 10.6. The highest BCUT2D eigenvalue weighted by Crippen LogP contribution is 2.27. The molecule has 3 fully saturated rings. The topological polar surface area (TPSA) is 269 Å². The largest absolute Gasteiger partial charge is 0.394 e. The highest BCUT2D eigenvalue weighted by molar-refractivity contribution is 4.92. The maximum Gasteiger partial charge on any atom is 0.186 e. The van der Waals surface area contributed by atoms with Gasteiger partial charge in [-0.05, 0) is 0 Å². The van der Waals surface area contributed by atoms with Gasteiger partial charge in [0.15, 0.2) is 18.9 Å². The molecule has 0 amide bonds. The Labute approximate surface area is 192 Å². The molecule has 3 aliphatic heterocycles. The fourth-order valence-corrected chi connectivity index (χ4v) is 3.84. The number of rotatable bonds is 7. The lowest BCUT2D eigenvalue weighted by molar-refractivity contribution is -0.340. The lowest BCUT2D eigenvalue weighted by atomic mass is 9.98. The number of ether oxygens (including phenoxy) is 5. The molecule has 0 aromatic carbocycles. The molecule has 0 unspecified atom stereocenters. The van der Waals surface area contributed by atoms with E-state index in [1.54, 1.807) is 0 Å². The second kappa shape index (κ2) is 11.6. The molecule has 16 heteroatoms. The van der Waals surface area contributed by atoms with Gasteiger partial charge >= 0.3 is 0 Å². The molecular weight excluding hydrogens is 472 g/mol. The maximum atomic E-state index is 10.2. The van der Waals surface area contributed by atoms with Crippen LogP contribution >= 0.6 is 0 Å². The van der Waals surface area contributed by atoms with Gasteiger partial charge in [0.25, 0.3) is 0 Å². The number of aliphatic hydroxyl groups excluding tert-OH is 11. The van der Waals surface area contributed by atoms with Crippen LogP contribution in [0.4, 0.5) is 0 Å². The van der Waals surface area contributed by atoms with Crippen molar-refractivity contribution >= 4 is 0 Å². The van der Waals surface area contributed by atoms with Crippen LogP contribution in [-0.2, 0) is 23.7 Å². The smallest absolute Gasteiger partial charge is 0.186 e. The first kappa shape index (κ1) is 27.9. The third-order valence-electron chi connectivity index (χ3n) is 6.05. The van der Waals surface area contributed by atoms with Crippen LogP contribution in [0.5, 0.6) is 0 Å². The summed E-state index contributed by atoms with van der Waals surface area (Å²) >= 11 is 0. The fourth-order valence-electron chi connectivity index (χ4n) is 3.84. The summed E-state index contributed by atoms with van der Waals surface area (Å²) in [4.78, 5) is 0. The summed E-state index contributed by atoms with van der Waals surface area (Å²) in [6.07, 6.45) is -24.4. The monoisotopic (exact) mass is 504 g/mol. The Morgan fingerprint density at radius 3 is 1.29 bits per heavy atom. The van der Waals surface area contributed by atoms with E-state index in [-0.39, 0.29) is 0 Å². The van der Waals surface area contributed by atoms with E-state index in [0.29, 0.717) is 0 Å². The SMILES string of the molecule is OC[C@H]1O[C@H](OC[C@H]2O[C@H](OC[C@H]3O[C@H](O)[C@@H](O)[C@@H](O)[C@@H]3O)[C@H](O)[C@@H](O)[C@@H]2O)[C@H](O)[C@@H](O)[C@@H]1O. The molecule has 34 heavy (non-hydrogen) atoms. The summed E-state index contributed by atoms with van der Waals surface area (Å²) < 4.78 is 26.1. The van der Waals surface area contributed by atoms with Crippen LogP contribution in [-0.4, -0.2) is 168 Å². The number of hydrogen-bond donors (Lipinski definition) is 11. The van der Waals surface area contributed by atoms with Gasteiger partial charge in [0.1, 0.15) is 73.2 Å². The van der Waals surface area contributed by atoms with E-state index in [0.717, 1.165) is 0 Å². The predicted octanol–water partition coefficient (Wildman–Crippen LogP) is -7.57. The zero-order chi connectivity index (χ0) is 25.3. The van der Waals surface area contributed by atoms with E-state index in [2.05, 4.69) is 0 Å². The van der Waals surface area contributed by atoms with Crippen molar-refractivity contribution in [2.45, 2.75) is 92.1 Å². The lowest BCUT2D eigenvalue weighted by Gasteiger charge is -2.43. The molecular formula is C18H32O16. The molecule has 16 nitrogen and oxygen atoms in total. The minimum absolute atomic E-state index is 0.570. The normalized spacial score (nSPS) is 52.5. The Morgan fingerprint density at radius 2 is 0.824 bits per heavy atom. The molecule has 15 atom stereocenters. The van der Waals surface area contributed by atoms with Crippen molar-refractivity contribution in [2.75, 3.05) is 19.8 Å². The number of aliphatic hydroxyl groups is 11. The molecule has 0 saturated carbocycles. The van der Waals surface area contributed by atoms with Crippen LogP contribution in [0.1, 0.15) is 0 Å². The summed E-state index contributed by atoms with van der Waals surface area (Å²) in [5.41, 5.74) is 0. The average molecular weight is 504 g/mol. The highest BCUT2D eigenvalue weighted by atomic mass is 16.7. The number of hydrogen-bond acceptors (Lipinski definition) is 16. The molecule has 11 N–H and O–H groups in total. The van der Waals surface area contributed by atoms with Crippen molar-refractivity contribution in [1.29, 1.82) is 0 Å². The van der Waals surface area contributed by atoms with E-state index >= 15 is 0 Å². The van der Waals surface area contributed by atoms with Gasteiger partial charge in [0, 0.05) is 0 Å². The Morgan fingerprint density at radius 1 is 0.441 bits per heavy atom. The van der Waals surface area contributed by atoms with Gasteiger partial charge in [-0.3, -0.25) is 0 Å².